The van der Waals surface area contributed by atoms with E-state index in [4.69, 9.17) is 5.73 Å². The Morgan fingerprint density at radius 1 is 1.31 bits per heavy atom. The molecule has 1 aromatic rings. The van der Waals surface area contributed by atoms with Gasteiger partial charge in [-0.15, -0.1) is 0 Å². The van der Waals surface area contributed by atoms with Crippen LogP contribution in [0.3, 0.4) is 0 Å². The molecule has 0 amide bonds. The molecule has 0 fully saturated rings. The minimum Gasteiger partial charge on any atom is -0.399 e. The van der Waals surface area contributed by atoms with E-state index >= 15 is 0 Å². The zero-order chi connectivity index (χ0) is 12.0. The second-order valence-electron chi connectivity index (χ2n) is 4.29. The molecule has 0 aromatic heterocycles. The summed E-state index contributed by atoms with van der Waals surface area (Å²) in [5.74, 6) is 0. The zero-order valence-corrected chi connectivity index (χ0v) is 9.98. The van der Waals surface area contributed by atoms with Crippen molar-refractivity contribution in [1.82, 2.24) is 10.2 Å². The molecule has 1 aromatic carbocycles. The predicted octanol–water partition coefficient (Wildman–Crippen LogP) is 0.281. The van der Waals surface area contributed by atoms with E-state index < -0.39 is 0 Å². The molecule has 0 aliphatic carbocycles. The van der Waals surface area contributed by atoms with Crippen molar-refractivity contribution in [3.63, 3.8) is 0 Å². The summed E-state index contributed by atoms with van der Waals surface area (Å²) in [6.07, 6.45) is -0.330. The molecule has 16 heavy (non-hydrogen) atoms. The lowest BCUT2D eigenvalue weighted by atomic mass is 10.2. The van der Waals surface area contributed by atoms with Crippen molar-refractivity contribution in [2.45, 2.75) is 12.6 Å². The number of hydrogen-bond donors (Lipinski definition) is 3. The van der Waals surface area contributed by atoms with Gasteiger partial charge in [0, 0.05) is 25.3 Å². The number of rotatable bonds is 6. The fourth-order valence-corrected chi connectivity index (χ4v) is 1.50. The van der Waals surface area contributed by atoms with Crippen LogP contribution in [0.15, 0.2) is 24.3 Å². The molecule has 0 saturated heterocycles. The van der Waals surface area contributed by atoms with Crippen molar-refractivity contribution in [3.8, 4) is 0 Å². The first-order chi connectivity index (χ1) is 7.58. The Morgan fingerprint density at radius 3 is 2.50 bits per heavy atom. The molecule has 0 aliphatic heterocycles. The highest BCUT2D eigenvalue weighted by molar-refractivity contribution is 5.39. The molecule has 0 spiro atoms. The molecular weight excluding hydrogens is 202 g/mol. The number of nitrogens with two attached hydrogens (primary N) is 1. The molecule has 90 valence electrons. The van der Waals surface area contributed by atoms with Gasteiger partial charge in [0.25, 0.3) is 0 Å². The van der Waals surface area contributed by atoms with Crippen LogP contribution in [-0.2, 0) is 6.54 Å². The van der Waals surface area contributed by atoms with Crippen LogP contribution in [0.1, 0.15) is 5.56 Å². The summed E-state index contributed by atoms with van der Waals surface area (Å²) in [7, 11) is 3.90. The van der Waals surface area contributed by atoms with Gasteiger partial charge >= 0.3 is 0 Å². The van der Waals surface area contributed by atoms with Crippen LogP contribution in [-0.4, -0.2) is 43.3 Å². The average Bonchev–Trinajstić information content (AvgIpc) is 2.20. The monoisotopic (exact) mass is 223 g/mol. The number of likely N-dealkylation sites (N-methyl/N-ethyl adjacent to an activating group) is 1. The lowest BCUT2D eigenvalue weighted by Crippen LogP contribution is -2.34. The third kappa shape index (κ3) is 5.11. The van der Waals surface area contributed by atoms with Crippen molar-refractivity contribution in [1.29, 1.82) is 0 Å². The summed E-state index contributed by atoms with van der Waals surface area (Å²) in [6.45, 7) is 2.03. The van der Waals surface area contributed by atoms with Gasteiger partial charge in [-0.25, -0.2) is 0 Å². The van der Waals surface area contributed by atoms with Crippen molar-refractivity contribution in [3.05, 3.63) is 29.8 Å². The second-order valence-corrected chi connectivity index (χ2v) is 4.29. The Hall–Kier alpha value is -1.10. The zero-order valence-electron chi connectivity index (χ0n) is 9.98. The quantitative estimate of drug-likeness (QED) is 0.606. The SMILES string of the molecule is CN(C)CC(O)CNCc1ccc(N)cc1. The molecule has 4 N–H and O–H groups in total. The van der Waals surface area contributed by atoms with E-state index in [0.29, 0.717) is 13.1 Å². The normalized spacial score (nSPS) is 13.0. The molecule has 1 atom stereocenters. The van der Waals surface area contributed by atoms with E-state index in [-0.39, 0.29) is 6.10 Å². The summed E-state index contributed by atoms with van der Waals surface area (Å²) in [4.78, 5) is 1.97. The maximum atomic E-state index is 9.62. The lowest BCUT2D eigenvalue weighted by Gasteiger charge is -2.16. The summed E-state index contributed by atoms with van der Waals surface area (Å²) < 4.78 is 0. The predicted molar refractivity (Wildman–Crippen MR) is 67.1 cm³/mol. The van der Waals surface area contributed by atoms with Gasteiger partial charge in [0.15, 0.2) is 0 Å². The van der Waals surface area contributed by atoms with Crippen LogP contribution in [0.25, 0.3) is 0 Å². The summed E-state index contributed by atoms with van der Waals surface area (Å²) in [5.41, 5.74) is 7.54. The highest BCUT2D eigenvalue weighted by atomic mass is 16.3. The minimum atomic E-state index is -0.330. The molecule has 0 heterocycles. The number of benzene rings is 1. The van der Waals surface area contributed by atoms with Gasteiger partial charge in [-0.1, -0.05) is 12.1 Å². The summed E-state index contributed by atoms with van der Waals surface area (Å²) in [6, 6.07) is 7.74. The molecule has 0 aliphatic rings. The van der Waals surface area contributed by atoms with Gasteiger partial charge in [-0.2, -0.15) is 0 Å². The Balaban J connectivity index is 2.22. The van der Waals surface area contributed by atoms with Gasteiger partial charge in [0.2, 0.25) is 0 Å². The molecule has 0 saturated carbocycles. The number of hydrogen-bond acceptors (Lipinski definition) is 4. The van der Waals surface area contributed by atoms with Crippen LogP contribution in [0.2, 0.25) is 0 Å². The van der Waals surface area contributed by atoms with Crippen LogP contribution < -0.4 is 11.1 Å². The van der Waals surface area contributed by atoms with Crippen molar-refractivity contribution < 1.29 is 5.11 Å². The van der Waals surface area contributed by atoms with E-state index in [2.05, 4.69) is 5.32 Å². The average molecular weight is 223 g/mol. The van der Waals surface area contributed by atoms with Gasteiger partial charge < -0.3 is 21.1 Å². The first-order valence-electron chi connectivity index (χ1n) is 5.46. The smallest absolute Gasteiger partial charge is 0.0791 e. The van der Waals surface area contributed by atoms with E-state index in [1.807, 2.05) is 43.3 Å². The summed E-state index contributed by atoms with van der Waals surface area (Å²) in [5, 5.41) is 12.8. The Bertz CT molecular complexity index is 298. The van der Waals surface area contributed by atoms with Crippen molar-refractivity contribution in [2.75, 3.05) is 32.9 Å². The van der Waals surface area contributed by atoms with Crippen molar-refractivity contribution >= 4 is 5.69 Å². The number of nitrogen functional groups attached to an aromatic ring is 1. The lowest BCUT2D eigenvalue weighted by molar-refractivity contribution is 0.134. The fourth-order valence-electron chi connectivity index (χ4n) is 1.50. The maximum Gasteiger partial charge on any atom is 0.0791 e. The molecule has 0 bridgehead atoms. The van der Waals surface area contributed by atoms with Gasteiger partial charge in [-0.05, 0) is 31.8 Å². The Morgan fingerprint density at radius 2 is 1.94 bits per heavy atom. The standard InChI is InChI=1S/C12H21N3O/c1-15(2)9-12(16)8-14-7-10-3-5-11(13)6-4-10/h3-6,12,14,16H,7-9,13H2,1-2H3. The second kappa shape index (κ2) is 6.48. The molecule has 0 radical (unpaired) electrons. The van der Waals surface area contributed by atoms with E-state index in [1.165, 1.54) is 5.56 Å². The first-order valence-corrected chi connectivity index (χ1v) is 5.46. The third-order valence-electron chi connectivity index (χ3n) is 2.26. The van der Waals surface area contributed by atoms with Crippen LogP contribution in [0.4, 0.5) is 5.69 Å². The maximum absolute atomic E-state index is 9.62. The Labute approximate surface area is 97.1 Å². The van der Waals surface area contributed by atoms with Crippen molar-refractivity contribution in [2.24, 2.45) is 0 Å². The van der Waals surface area contributed by atoms with E-state index in [1.54, 1.807) is 0 Å². The highest BCUT2D eigenvalue weighted by Gasteiger charge is 2.04. The fraction of sp³-hybridized carbons (Fsp3) is 0.500. The number of anilines is 1. The molecule has 4 heteroatoms. The molecule has 4 nitrogen and oxygen atoms in total. The molecular formula is C12H21N3O. The Kier molecular flexibility index (Phi) is 5.25. The van der Waals surface area contributed by atoms with Crippen LogP contribution in [0, 0.1) is 0 Å². The van der Waals surface area contributed by atoms with Crippen LogP contribution in [0.5, 0.6) is 0 Å². The number of nitrogens with zero attached hydrogens (tertiary/aromatic N) is 1. The largest absolute Gasteiger partial charge is 0.399 e. The first kappa shape index (κ1) is 13.0. The van der Waals surface area contributed by atoms with Gasteiger partial charge in [-0.3, -0.25) is 0 Å². The number of nitrogens with one attached hydrogen (secondary N) is 1. The van der Waals surface area contributed by atoms with Crippen LogP contribution >= 0.6 is 0 Å². The number of aliphatic hydroxyl groups is 1. The van der Waals surface area contributed by atoms with E-state index in [9.17, 15) is 5.11 Å². The summed E-state index contributed by atoms with van der Waals surface area (Å²) >= 11 is 0. The van der Waals surface area contributed by atoms with Gasteiger partial charge in [0.05, 0.1) is 6.10 Å². The highest BCUT2D eigenvalue weighted by Crippen LogP contribution is 2.04. The van der Waals surface area contributed by atoms with E-state index in [0.717, 1.165) is 12.2 Å². The number of aliphatic hydroxyl groups excluding tert-OH is 1. The molecule has 1 rings (SSSR count). The third-order valence-corrected chi connectivity index (χ3v) is 2.26. The minimum absolute atomic E-state index is 0.330. The van der Waals surface area contributed by atoms with Gasteiger partial charge in [0.1, 0.15) is 0 Å². The molecule has 1 unspecified atom stereocenters. The topological polar surface area (TPSA) is 61.5 Å².